The molecular formula is C19H21ClN2O6. The van der Waals surface area contributed by atoms with Crippen LogP contribution in [0.4, 0.5) is 0 Å². The van der Waals surface area contributed by atoms with E-state index in [1.165, 1.54) is 0 Å². The molecule has 0 aliphatic rings. The molecule has 2 aromatic rings. The Morgan fingerprint density at radius 2 is 1.50 bits per heavy atom. The molecule has 0 spiro atoms. The highest BCUT2D eigenvalue weighted by Gasteiger charge is 2.13. The van der Waals surface area contributed by atoms with Crippen molar-refractivity contribution in [3.63, 3.8) is 0 Å². The number of aryl methyl sites for hydroxylation is 2. The fourth-order valence-electron chi connectivity index (χ4n) is 2.40. The van der Waals surface area contributed by atoms with Gasteiger partial charge in [0.25, 0.3) is 11.8 Å². The fraction of sp³-hybridized carbons (Fsp3) is 0.263. The zero-order valence-corrected chi connectivity index (χ0v) is 16.1. The monoisotopic (exact) mass is 408 g/mol. The summed E-state index contributed by atoms with van der Waals surface area (Å²) in [4.78, 5) is 23.8. The number of hydrogen-bond acceptors (Lipinski definition) is 6. The lowest BCUT2D eigenvalue weighted by Crippen LogP contribution is -2.36. The average molecular weight is 409 g/mol. The van der Waals surface area contributed by atoms with E-state index in [2.05, 4.69) is 10.6 Å². The smallest absolute Gasteiger partial charge is 0.258 e. The quantitative estimate of drug-likeness (QED) is 0.352. The van der Waals surface area contributed by atoms with Gasteiger partial charge in [0.1, 0.15) is 5.75 Å². The maximum Gasteiger partial charge on any atom is 0.258 e. The number of rotatable bonds is 7. The molecule has 0 aromatic heterocycles. The van der Waals surface area contributed by atoms with Crippen LogP contribution in [0.15, 0.2) is 24.3 Å². The van der Waals surface area contributed by atoms with Crippen molar-refractivity contribution in [1.29, 1.82) is 0 Å². The Labute approximate surface area is 166 Å². The van der Waals surface area contributed by atoms with Gasteiger partial charge in [-0.15, -0.1) is 0 Å². The lowest BCUT2D eigenvalue weighted by atomic mass is 10.1. The molecule has 0 saturated heterocycles. The zero-order valence-electron chi connectivity index (χ0n) is 15.4. The molecule has 0 unspecified atom stereocenters. The van der Waals surface area contributed by atoms with Crippen molar-refractivity contribution in [2.24, 2.45) is 0 Å². The van der Waals surface area contributed by atoms with Gasteiger partial charge in [-0.05, 0) is 49.2 Å². The Morgan fingerprint density at radius 1 is 0.964 bits per heavy atom. The molecule has 0 aliphatic heterocycles. The van der Waals surface area contributed by atoms with Gasteiger partial charge >= 0.3 is 0 Å². The summed E-state index contributed by atoms with van der Waals surface area (Å²) >= 11 is 6.08. The van der Waals surface area contributed by atoms with Gasteiger partial charge in [0.15, 0.2) is 23.9 Å². The van der Waals surface area contributed by atoms with E-state index < -0.39 is 23.2 Å². The number of carbonyl (C=O) groups is 2. The van der Waals surface area contributed by atoms with Crippen molar-refractivity contribution in [2.45, 2.75) is 13.8 Å². The maximum atomic E-state index is 11.9. The molecule has 0 heterocycles. The topological polar surface area (TPSA) is 128 Å². The third kappa shape index (κ3) is 5.43. The molecule has 2 amide bonds. The van der Waals surface area contributed by atoms with Gasteiger partial charge in [0.05, 0.1) is 0 Å². The Balaban J connectivity index is 1.74. The normalized spacial score (nSPS) is 10.4. The lowest BCUT2D eigenvalue weighted by Gasteiger charge is -2.11. The standard InChI is InChI=1S/C19H21ClN2O6/c1-10-5-13(6-11(2)17(10)20)28-9-16(25)21-3-4-22-19(27)12-7-14(23)18(26)15(24)8-12/h5-8,23-24,26H,3-4,9H2,1-2H3,(H,21,25)(H,22,27). The predicted molar refractivity (Wildman–Crippen MR) is 103 cm³/mol. The molecule has 28 heavy (non-hydrogen) atoms. The van der Waals surface area contributed by atoms with Gasteiger partial charge < -0.3 is 30.7 Å². The Bertz CT molecular complexity index is 854. The van der Waals surface area contributed by atoms with Crippen LogP contribution in [0.2, 0.25) is 5.02 Å². The number of hydrogen-bond donors (Lipinski definition) is 5. The third-order valence-electron chi connectivity index (χ3n) is 3.84. The predicted octanol–water partition coefficient (Wildman–Crippen LogP) is 2.00. The average Bonchev–Trinajstić information content (AvgIpc) is 2.65. The molecule has 5 N–H and O–H groups in total. The number of nitrogens with one attached hydrogen (secondary N) is 2. The first kappa shape index (κ1) is 21.2. The van der Waals surface area contributed by atoms with Gasteiger partial charge in [-0.2, -0.15) is 0 Å². The van der Waals surface area contributed by atoms with Crippen LogP contribution in [0.1, 0.15) is 21.5 Å². The van der Waals surface area contributed by atoms with Gasteiger partial charge in [-0.3, -0.25) is 9.59 Å². The van der Waals surface area contributed by atoms with Crippen LogP contribution in [-0.2, 0) is 4.79 Å². The largest absolute Gasteiger partial charge is 0.504 e. The van der Waals surface area contributed by atoms with Gasteiger partial charge in [0.2, 0.25) is 0 Å². The van der Waals surface area contributed by atoms with E-state index in [0.717, 1.165) is 23.3 Å². The summed E-state index contributed by atoms with van der Waals surface area (Å²) < 4.78 is 5.43. The molecule has 0 saturated carbocycles. The summed E-state index contributed by atoms with van der Waals surface area (Å²) in [5.41, 5.74) is 1.67. The highest BCUT2D eigenvalue weighted by Crippen LogP contribution is 2.35. The molecule has 0 bridgehead atoms. The Morgan fingerprint density at radius 3 is 2.07 bits per heavy atom. The second kappa shape index (κ2) is 9.18. The van der Waals surface area contributed by atoms with Gasteiger partial charge in [0, 0.05) is 23.7 Å². The van der Waals surface area contributed by atoms with E-state index in [9.17, 15) is 24.9 Å². The Kier molecular flexibility index (Phi) is 6.94. The van der Waals surface area contributed by atoms with Crippen molar-refractivity contribution in [2.75, 3.05) is 19.7 Å². The minimum absolute atomic E-state index is 0.0315. The van der Waals surface area contributed by atoms with Crippen molar-refractivity contribution >= 4 is 23.4 Å². The van der Waals surface area contributed by atoms with E-state index in [4.69, 9.17) is 16.3 Å². The SMILES string of the molecule is Cc1cc(OCC(=O)NCCNC(=O)c2cc(O)c(O)c(O)c2)cc(C)c1Cl. The number of ether oxygens (including phenoxy) is 1. The van der Waals surface area contributed by atoms with Gasteiger partial charge in [-0.25, -0.2) is 0 Å². The number of phenolic OH excluding ortho intramolecular Hbond substituents is 3. The first-order valence-electron chi connectivity index (χ1n) is 8.38. The summed E-state index contributed by atoms with van der Waals surface area (Å²) in [5.74, 6) is -2.32. The summed E-state index contributed by atoms with van der Waals surface area (Å²) in [6, 6.07) is 5.52. The third-order valence-corrected chi connectivity index (χ3v) is 4.44. The highest BCUT2D eigenvalue weighted by molar-refractivity contribution is 6.32. The summed E-state index contributed by atoms with van der Waals surface area (Å²) in [6.07, 6.45) is 0. The van der Waals surface area contributed by atoms with Crippen LogP contribution in [0.3, 0.4) is 0 Å². The van der Waals surface area contributed by atoms with Crippen LogP contribution in [0.5, 0.6) is 23.0 Å². The number of halogens is 1. The number of carbonyl (C=O) groups excluding carboxylic acids is 2. The van der Waals surface area contributed by atoms with Crippen LogP contribution in [0.25, 0.3) is 0 Å². The number of phenols is 3. The molecular weight excluding hydrogens is 388 g/mol. The van der Waals surface area contributed by atoms with Crippen LogP contribution < -0.4 is 15.4 Å². The van der Waals surface area contributed by atoms with Crippen molar-refractivity contribution in [3.05, 3.63) is 46.0 Å². The molecule has 0 aliphatic carbocycles. The molecule has 0 fully saturated rings. The number of amides is 2. The highest BCUT2D eigenvalue weighted by atomic mass is 35.5. The van der Waals surface area contributed by atoms with Crippen molar-refractivity contribution < 1.29 is 29.6 Å². The first-order valence-corrected chi connectivity index (χ1v) is 8.76. The van der Waals surface area contributed by atoms with E-state index in [1.54, 1.807) is 12.1 Å². The van der Waals surface area contributed by atoms with Crippen LogP contribution >= 0.6 is 11.6 Å². The zero-order chi connectivity index (χ0) is 20.8. The minimum atomic E-state index is -0.699. The Hall–Kier alpha value is -3.13. The molecule has 2 aromatic carbocycles. The van der Waals surface area contributed by atoms with E-state index in [1.807, 2.05) is 13.8 Å². The van der Waals surface area contributed by atoms with E-state index in [-0.39, 0.29) is 31.2 Å². The second-order valence-electron chi connectivity index (χ2n) is 6.13. The lowest BCUT2D eigenvalue weighted by molar-refractivity contribution is -0.123. The molecule has 2 rings (SSSR count). The fourth-order valence-corrected chi connectivity index (χ4v) is 2.51. The number of aromatic hydroxyl groups is 3. The molecule has 8 nitrogen and oxygen atoms in total. The van der Waals surface area contributed by atoms with Crippen LogP contribution in [0, 0.1) is 13.8 Å². The minimum Gasteiger partial charge on any atom is -0.504 e. The molecule has 0 atom stereocenters. The van der Waals surface area contributed by atoms with Gasteiger partial charge in [-0.1, -0.05) is 11.6 Å². The van der Waals surface area contributed by atoms with Crippen LogP contribution in [-0.4, -0.2) is 46.8 Å². The summed E-state index contributed by atoms with van der Waals surface area (Å²) in [6.45, 7) is 3.78. The van der Waals surface area contributed by atoms with E-state index in [0.29, 0.717) is 10.8 Å². The number of benzene rings is 2. The van der Waals surface area contributed by atoms with E-state index >= 15 is 0 Å². The molecule has 9 heteroatoms. The van der Waals surface area contributed by atoms with Crippen molar-refractivity contribution in [3.8, 4) is 23.0 Å². The maximum absolute atomic E-state index is 11.9. The second-order valence-corrected chi connectivity index (χ2v) is 6.51. The summed E-state index contributed by atoms with van der Waals surface area (Å²) in [5, 5.41) is 33.8. The van der Waals surface area contributed by atoms with Crippen molar-refractivity contribution in [1.82, 2.24) is 10.6 Å². The molecule has 150 valence electrons. The summed E-state index contributed by atoms with van der Waals surface area (Å²) in [7, 11) is 0. The molecule has 0 radical (unpaired) electrons. The first-order chi connectivity index (χ1) is 13.2.